The Labute approximate surface area is 225 Å². The van der Waals surface area contributed by atoms with E-state index >= 15 is 0 Å². The molecule has 2 aliphatic heterocycles. The number of carboxylic acid groups (broad SMARTS) is 1. The lowest BCUT2D eigenvalue weighted by Gasteiger charge is -2.53. The number of carbonyl (C=O) groups is 1. The maximum Gasteiger partial charge on any atom is 0.303 e. The minimum atomic E-state index is -0.944. The van der Waals surface area contributed by atoms with Gasteiger partial charge in [-0.25, -0.2) is 4.98 Å². The number of aliphatic carboxylic acids is 1. The van der Waals surface area contributed by atoms with Gasteiger partial charge >= 0.3 is 5.97 Å². The number of benzene rings is 1. The Morgan fingerprint density at radius 1 is 0.921 bits per heavy atom. The van der Waals surface area contributed by atoms with Crippen LogP contribution >= 0.6 is 0 Å². The van der Waals surface area contributed by atoms with Crippen LogP contribution in [0.1, 0.15) is 108 Å². The van der Waals surface area contributed by atoms with Crippen LogP contribution < -0.4 is 5.56 Å². The first kappa shape index (κ1) is 26.9. The third-order valence-corrected chi connectivity index (χ3v) is 8.96. The van der Waals surface area contributed by atoms with Gasteiger partial charge in [-0.3, -0.25) is 14.5 Å². The molecule has 2 saturated heterocycles. The van der Waals surface area contributed by atoms with E-state index in [0.29, 0.717) is 23.8 Å². The summed E-state index contributed by atoms with van der Waals surface area (Å²) in [5.74, 6) is -0.944. The van der Waals surface area contributed by atoms with Crippen molar-refractivity contribution in [1.29, 1.82) is 0 Å². The number of piperidine rings is 2. The van der Waals surface area contributed by atoms with Gasteiger partial charge < -0.3 is 14.5 Å². The van der Waals surface area contributed by atoms with E-state index in [1.807, 2.05) is 28.8 Å². The van der Waals surface area contributed by atoms with Crippen LogP contribution in [-0.4, -0.2) is 56.5 Å². The Bertz CT molecular complexity index is 1180. The van der Waals surface area contributed by atoms with Gasteiger partial charge in [0.05, 0.1) is 17.5 Å². The van der Waals surface area contributed by atoms with Crippen LogP contribution in [0, 0.1) is 0 Å². The summed E-state index contributed by atoms with van der Waals surface area (Å²) in [4.78, 5) is 37.9. The Balaban J connectivity index is 1.50. The fourth-order valence-electron chi connectivity index (χ4n) is 7.35. The Morgan fingerprint density at radius 2 is 1.55 bits per heavy atom. The highest BCUT2D eigenvalue weighted by molar-refractivity contribution is 6.00. The molecule has 1 N–H and O–H groups in total. The number of carboxylic acids is 1. The highest BCUT2D eigenvalue weighted by Crippen LogP contribution is 2.42. The standard InChI is InChI=1S/C30H42N4O4/c1-38-32-26(17-18-28(35)36)29-30(37)34(27-16-9-8-15-25(27)31-29)24-19-22-13-10-14-23(20-24)33(22)21-11-6-4-2-3-5-7-12-21/h8-9,15-16,21-24H,2-7,10-14,17-20H2,1H3,(H,35,36)/b32-26+/t22-,23?,24?/m1/s1. The van der Waals surface area contributed by atoms with Crippen LogP contribution in [0.5, 0.6) is 0 Å². The van der Waals surface area contributed by atoms with Crippen molar-refractivity contribution in [3.63, 3.8) is 0 Å². The summed E-state index contributed by atoms with van der Waals surface area (Å²) in [5, 5.41) is 13.3. The van der Waals surface area contributed by atoms with Crippen molar-refractivity contribution in [3.8, 4) is 0 Å². The van der Waals surface area contributed by atoms with Crippen molar-refractivity contribution in [1.82, 2.24) is 14.5 Å². The van der Waals surface area contributed by atoms with Crippen LogP contribution in [0.3, 0.4) is 0 Å². The smallest absolute Gasteiger partial charge is 0.303 e. The monoisotopic (exact) mass is 522 g/mol. The Hall–Kier alpha value is -2.74. The summed E-state index contributed by atoms with van der Waals surface area (Å²) in [6, 6.07) is 9.54. The second-order valence-electron chi connectivity index (χ2n) is 11.4. The molecule has 2 bridgehead atoms. The van der Waals surface area contributed by atoms with Crippen molar-refractivity contribution in [3.05, 3.63) is 40.3 Å². The highest BCUT2D eigenvalue weighted by Gasteiger charge is 2.42. The molecule has 2 aromatic rings. The van der Waals surface area contributed by atoms with E-state index in [1.165, 1.54) is 77.7 Å². The van der Waals surface area contributed by atoms with Crippen LogP contribution in [-0.2, 0) is 9.63 Å². The van der Waals surface area contributed by atoms with Crippen molar-refractivity contribution in [2.45, 2.75) is 120 Å². The second-order valence-corrected chi connectivity index (χ2v) is 11.4. The SMILES string of the molecule is CO/N=C(\CCC(=O)O)c1nc2ccccc2n(C2CC3CCC[C@H](C2)N3C2CCCCCCCC2)c1=O. The summed E-state index contributed by atoms with van der Waals surface area (Å²) < 4.78 is 1.95. The number of rotatable bonds is 7. The molecule has 1 aromatic heterocycles. The van der Waals surface area contributed by atoms with Crippen molar-refractivity contribution >= 4 is 22.7 Å². The number of hydrogen-bond donors (Lipinski definition) is 1. The van der Waals surface area contributed by atoms with Gasteiger partial charge in [0.1, 0.15) is 12.8 Å². The molecule has 1 aliphatic carbocycles. The molecule has 8 nitrogen and oxygen atoms in total. The Morgan fingerprint density at radius 3 is 2.21 bits per heavy atom. The van der Waals surface area contributed by atoms with E-state index in [2.05, 4.69) is 15.0 Å². The van der Waals surface area contributed by atoms with Gasteiger partial charge in [0.15, 0.2) is 5.69 Å². The van der Waals surface area contributed by atoms with Gasteiger partial charge in [0.2, 0.25) is 0 Å². The largest absolute Gasteiger partial charge is 0.481 e. The minimum absolute atomic E-state index is 0.0836. The van der Waals surface area contributed by atoms with E-state index in [1.54, 1.807) is 0 Å². The maximum absolute atomic E-state index is 14.1. The molecule has 2 unspecified atom stereocenters. The highest BCUT2D eigenvalue weighted by atomic mass is 16.6. The average Bonchev–Trinajstić information content (AvgIpc) is 3.04. The van der Waals surface area contributed by atoms with Crippen LogP contribution in [0.15, 0.2) is 34.2 Å². The van der Waals surface area contributed by atoms with Crippen molar-refractivity contribution in [2.24, 2.45) is 5.16 Å². The van der Waals surface area contributed by atoms with Crippen LogP contribution in [0.25, 0.3) is 11.0 Å². The molecule has 5 rings (SSSR count). The van der Waals surface area contributed by atoms with E-state index in [0.717, 1.165) is 23.9 Å². The van der Waals surface area contributed by atoms with Gasteiger partial charge in [0, 0.05) is 30.6 Å². The molecule has 38 heavy (non-hydrogen) atoms. The lowest BCUT2D eigenvalue weighted by atomic mass is 9.79. The number of oxime groups is 1. The first-order valence-electron chi connectivity index (χ1n) is 14.7. The fourth-order valence-corrected chi connectivity index (χ4v) is 7.35. The fraction of sp³-hybridized carbons (Fsp3) is 0.667. The van der Waals surface area contributed by atoms with Crippen molar-refractivity contribution in [2.75, 3.05) is 7.11 Å². The predicted octanol–water partition coefficient (Wildman–Crippen LogP) is 5.67. The summed E-state index contributed by atoms with van der Waals surface area (Å²) in [6.45, 7) is 0. The first-order chi connectivity index (χ1) is 18.6. The topological polar surface area (TPSA) is 97.0 Å². The van der Waals surface area contributed by atoms with Gasteiger partial charge in [-0.05, 0) is 50.7 Å². The lowest BCUT2D eigenvalue weighted by Crippen LogP contribution is -2.57. The quantitative estimate of drug-likeness (QED) is 0.372. The molecule has 8 heteroatoms. The third kappa shape index (κ3) is 5.80. The second kappa shape index (κ2) is 12.4. The van der Waals surface area contributed by atoms with Crippen LogP contribution in [0.4, 0.5) is 0 Å². The molecular formula is C30H42N4O4. The summed E-state index contributed by atoms with van der Waals surface area (Å²) in [7, 11) is 1.41. The molecular weight excluding hydrogens is 480 g/mol. The zero-order chi connectivity index (χ0) is 26.5. The molecule has 3 aliphatic rings. The third-order valence-electron chi connectivity index (χ3n) is 8.96. The molecule has 0 amide bonds. The number of para-hydroxylation sites is 2. The van der Waals surface area contributed by atoms with E-state index in [4.69, 9.17) is 4.84 Å². The molecule has 1 saturated carbocycles. The number of hydrogen-bond acceptors (Lipinski definition) is 6. The molecule has 1 aromatic carbocycles. The van der Waals surface area contributed by atoms with Crippen molar-refractivity contribution < 1.29 is 14.7 Å². The van der Waals surface area contributed by atoms with Gasteiger partial charge in [-0.2, -0.15) is 0 Å². The van der Waals surface area contributed by atoms with Gasteiger partial charge in [0.25, 0.3) is 5.56 Å². The van der Waals surface area contributed by atoms with E-state index < -0.39 is 5.97 Å². The molecule has 0 radical (unpaired) electrons. The Kier molecular flexibility index (Phi) is 8.77. The van der Waals surface area contributed by atoms with Crippen LogP contribution in [0.2, 0.25) is 0 Å². The lowest BCUT2D eigenvalue weighted by molar-refractivity contribution is -0.136. The molecule has 3 fully saturated rings. The molecule has 3 atom stereocenters. The summed E-state index contributed by atoms with van der Waals surface area (Å²) in [6.07, 6.45) is 16.3. The normalized spacial score (nSPS) is 25.9. The number of nitrogens with zero attached hydrogens (tertiary/aromatic N) is 4. The average molecular weight is 523 g/mol. The molecule has 3 heterocycles. The number of fused-ring (bicyclic) bond motifs is 3. The molecule has 206 valence electrons. The van der Waals surface area contributed by atoms with E-state index in [-0.39, 0.29) is 30.1 Å². The predicted molar refractivity (Wildman–Crippen MR) is 149 cm³/mol. The zero-order valence-electron chi connectivity index (χ0n) is 22.7. The zero-order valence-corrected chi connectivity index (χ0v) is 22.7. The summed E-state index contributed by atoms with van der Waals surface area (Å²) in [5.41, 5.74) is 1.88. The minimum Gasteiger partial charge on any atom is -0.481 e. The van der Waals surface area contributed by atoms with Gasteiger partial charge in [-0.15, -0.1) is 0 Å². The first-order valence-corrected chi connectivity index (χ1v) is 14.7. The maximum atomic E-state index is 14.1. The van der Waals surface area contributed by atoms with E-state index in [9.17, 15) is 14.7 Å². The number of aromatic nitrogens is 2. The summed E-state index contributed by atoms with van der Waals surface area (Å²) >= 11 is 0. The van der Waals surface area contributed by atoms with Gasteiger partial charge in [-0.1, -0.05) is 62.2 Å². The molecule has 0 spiro atoms.